The highest BCUT2D eigenvalue weighted by atomic mass is 16.5. The number of nitrogens with two attached hydrogens (primary N) is 1. The summed E-state index contributed by atoms with van der Waals surface area (Å²) in [5, 5.41) is 8.47. The van der Waals surface area contributed by atoms with Crippen molar-refractivity contribution in [3.8, 4) is 5.75 Å². The van der Waals surface area contributed by atoms with Gasteiger partial charge in [0.2, 0.25) is 0 Å². The molecule has 0 fully saturated rings. The number of rotatable bonds is 5. The van der Waals surface area contributed by atoms with Crippen molar-refractivity contribution in [2.75, 3.05) is 13.2 Å². The third kappa shape index (κ3) is 3.00. The van der Waals surface area contributed by atoms with Gasteiger partial charge in [0.1, 0.15) is 18.5 Å². The highest BCUT2D eigenvalue weighted by Gasteiger charge is 2.20. The van der Waals surface area contributed by atoms with Crippen molar-refractivity contribution in [3.05, 3.63) is 29.3 Å². The van der Waals surface area contributed by atoms with Crippen LogP contribution in [0.15, 0.2) is 18.2 Å². The molecule has 0 spiro atoms. The number of fused-ring (bicyclic) bond motifs is 1. The van der Waals surface area contributed by atoms with Gasteiger partial charge >= 0.3 is 5.97 Å². The predicted molar refractivity (Wildman–Crippen MR) is 65.6 cm³/mol. The van der Waals surface area contributed by atoms with Crippen LogP contribution in [0.3, 0.4) is 0 Å². The maximum absolute atomic E-state index is 10.3. The molecule has 1 aromatic carbocycles. The van der Waals surface area contributed by atoms with Crippen LogP contribution in [0.25, 0.3) is 0 Å². The van der Waals surface area contributed by atoms with Gasteiger partial charge < -0.3 is 20.3 Å². The minimum Gasteiger partial charge on any atom is -0.490 e. The van der Waals surface area contributed by atoms with Crippen LogP contribution in [-0.2, 0) is 16.0 Å². The fraction of sp³-hybridized carbons (Fsp3) is 0.462. The van der Waals surface area contributed by atoms with Gasteiger partial charge in [-0.3, -0.25) is 0 Å². The number of carboxylic acid groups (broad SMARTS) is 1. The SMILES string of the molecule is CC1Cc2cc(C(N)COCC(=O)O)ccc2O1. The molecule has 1 aliphatic rings. The fourth-order valence-electron chi connectivity index (χ4n) is 2.04. The summed E-state index contributed by atoms with van der Waals surface area (Å²) in [6.45, 7) is 1.90. The van der Waals surface area contributed by atoms with Gasteiger partial charge in [-0.25, -0.2) is 4.79 Å². The predicted octanol–water partition coefficient (Wildman–Crippen LogP) is 1.11. The Morgan fingerprint density at radius 2 is 2.44 bits per heavy atom. The van der Waals surface area contributed by atoms with E-state index < -0.39 is 5.97 Å². The maximum atomic E-state index is 10.3. The Balaban J connectivity index is 1.97. The lowest BCUT2D eigenvalue weighted by Crippen LogP contribution is -2.19. The first-order valence-electron chi connectivity index (χ1n) is 5.91. The molecule has 2 atom stereocenters. The number of aliphatic carboxylic acids is 1. The third-order valence-corrected chi connectivity index (χ3v) is 2.87. The summed E-state index contributed by atoms with van der Waals surface area (Å²) in [5.41, 5.74) is 8.04. The van der Waals surface area contributed by atoms with Crippen LogP contribution in [0.1, 0.15) is 24.1 Å². The minimum absolute atomic E-state index is 0.196. The fourth-order valence-corrected chi connectivity index (χ4v) is 2.04. The molecule has 98 valence electrons. The molecule has 5 heteroatoms. The van der Waals surface area contributed by atoms with Crippen molar-refractivity contribution >= 4 is 5.97 Å². The summed E-state index contributed by atoms with van der Waals surface area (Å²) in [4.78, 5) is 10.3. The first-order valence-corrected chi connectivity index (χ1v) is 5.91. The molecule has 1 aromatic rings. The average molecular weight is 251 g/mol. The van der Waals surface area contributed by atoms with Crippen LogP contribution in [0.5, 0.6) is 5.75 Å². The molecule has 0 bridgehead atoms. The van der Waals surface area contributed by atoms with E-state index in [0.717, 1.165) is 23.3 Å². The first kappa shape index (κ1) is 12.9. The van der Waals surface area contributed by atoms with Gasteiger partial charge in [-0.15, -0.1) is 0 Å². The topological polar surface area (TPSA) is 81.8 Å². The Hall–Kier alpha value is -1.59. The van der Waals surface area contributed by atoms with E-state index in [1.54, 1.807) is 0 Å². The van der Waals surface area contributed by atoms with Crippen LogP contribution >= 0.6 is 0 Å². The normalized spacial score (nSPS) is 19.1. The van der Waals surface area contributed by atoms with Gasteiger partial charge in [-0.05, 0) is 24.1 Å². The molecule has 1 heterocycles. The Morgan fingerprint density at radius 3 is 3.17 bits per heavy atom. The van der Waals surface area contributed by atoms with Crippen molar-refractivity contribution in [1.29, 1.82) is 0 Å². The smallest absolute Gasteiger partial charge is 0.329 e. The molecule has 0 saturated carbocycles. The largest absolute Gasteiger partial charge is 0.490 e. The van der Waals surface area contributed by atoms with Crippen LogP contribution in [0.4, 0.5) is 0 Å². The van der Waals surface area contributed by atoms with Gasteiger partial charge in [0.25, 0.3) is 0 Å². The summed E-state index contributed by atoms with van der Waals surface area (Å²) >= 11 is 0. The van der Waals surface area contributed by atoms with Crippen LogP contribution < -0.4 is 10.5 Å². The Kier molecular flexibility index (Phi) is 3.84. The van der Waals surface area contributed by atoms with Gasteiger partial charge in [0.05, 0.1) is 12.6 Å². The molecule has 0 saturated heterocycles. The van der Waals surface area contributed by atoms with Gasteiger partial charge in [0, 0.05) is 6.42 Å². The zero-order chi connectivity index (χ0) is 13.1. The van der Waals surface area contributed by atoms with Gasteiger partial charge in [-0.2, -0.15) is 0 Å². The second-order valence-electron chi connectivity index (χ2n) is 4.52. The van der Waals surface area contributed by atoms with Crippen molar-refractivity contribution < 1.29 is 19.4 Å². The standard InChI is InChI=1S/C13H17NO4/c1-8-4-10-5-9(2-3-12(10)18-8)11(14)6-17-7-13(15)16/h2-3,5,8,11H,4,6-7,14H2,1H3,(H,15,16). The first-order chi connectivity index (χ1) is 8.56. The summed E-state index contributed by atoms with van der Waals surface area (Å²) < 4.78 is 10.6. The van der Waals surface area contributed by atoms with Crippen molar-refractivity contribution in [1.82, 2.24) is 0 Å². The van der Waals surface area contributed by atoms with Crippen molar-refractivity contribution in [2.45, 2.75) is 25.5 Å². The zero-order valence-electron chi connectivity index (χ0n) is 10.3. The molecule has 0 amide bonds. The molecule has 0 aliphatic carbocycles. The molecule has 2 rings (SSSR count). The summed E-state index contributed by atoms with van der Waals surface area (Å²) in [5.74, 6) is -0.0803. The second kappa shape index (κ2) is 5.37. The second-order valence-corrected chi connectivity index (χ2v) is 4.52. The van der Waals surface area contributed by atoms with Crippen molar-refractivity contribution in [2.24, 2.45) is 5.73 Å². The third-order valence-electron chi connectivity index (χ3n) is 2.87. The van der Waals surface area contributed by atoms with E-state index in [1.165, 1.54) is 0 Å². The lowest BCUT2D eigenvalue weighted by molar-refractivity contribution is -0.142. The van der Waals surface area contributed by atoms with Gasteiger partial charge in [-0.1, -0.05) is 12.1 Å². The lowest BCUT2D eigenvalue weighted by atomic mass is 10.0. The Bertz CT molecular complexity index is 447. The number of hydrogen-bond acceptors (Lipinski definition) is 4. The van der Waals surface area contributed by atoms with E-state index in [1.807, 2.05) is 25.1 Å². The lowest BCUT2D eigenvalue weighted by Gasteiger charge is -2.12. The number of hydrogen-bond donors (Lipinski definition) is 2. The number of carbonyl (C=O) groups is 1. The van der Waals surface area contributed by atoms with E-state index >= 15 is 0 Å². The highest BCUT2D eigenvalue weighted by Crippen LogP contribution is 2.30. The number of carboxylic acids is 1. The van der Waals surface area contributed by atoms with E-state index in [0.29, 0.717) is 0 Å². The minimum atomic E-state index is -0.988. The molecule has 0 aromatic heterocycles. The van der Waals surface area contributed by atoms with Gasteiger partial charge in [0.15, 0.2) is 0 Å². The molecular weight excluding hydrogens is 234 g/mol. The van der Waals surface area contributed by atoms with Crippen LogP contribution in [-0.4, -0.2) is 30.4 Å². The molecule has 3 N–H and O–H groups in total. The maximum Gasteiger partial charge on any atom is 0.329 e. The van der Waals surface area contributed by atoms with Crippen LogP contribution in [0, 0.1) is 0 Å². The number of ether oxygens (including phenoxy) is 2. The summed E-state index contributed by atoms with van der Waals surface area (Å²) in [7, 11) is 0. The quantitative estimate of drug-likeness (QED) is 0.819. The number of benzene rings is 1. The molecule has 5 nitrogen and oxygen atoms in total. The average Bonchev–Trinajstić information content (AvgIpc) is 2.67. The Labute approximate surface area is 106 Å². The Morgan fingerprint density at radius 1 is 1.67 bits per heavy atom. The molecule has 1 aliphatic heterocycles. The highest BCUT2D eigenvalue weighted by molar-refractivity contribution is 5.68. The van der Waals surface area contributed by atoms with E-state index in [-0.39, 0.29) is 25.4 Å². The molecular formula is C13H17NO4. The monoisotopic (exact) mass is 251 g/mol. The van der Waals surface area contributed by atoms with E-state index in [9.17, 15) is 4.79 Å². The summed E-state index contributed by atoms with van der Waals surface area (Å²) in [6, 6.07) is 5.50. The summed E-state index contributed by atoms with van der Waals surface area (Å²) in [6.07, 6.45) is 1.08. The molecule has 0 radical (unpaired) electrons. The van der Waals surface area contributed by atoms with E-state index in [4.69, 9.17) is 20.3 Å². The van der Waals surface area contributed by atoms with Crippen LogP contribution in [0.2, 0.25) is 0 Å². The zero-order valence-corrected chi connectivity index (χ0v) is 10.3. The molecule has 18 heavy (non-hydrogen) atoms. The van der Waals surface area contributed by atoms with E-state index in [2.05, 4.69) is 0 Å². The van der Waals surface area contributed by atoms with Crippen molar-refractivity contribution in [3.63, 3.8) is 0 Å². The molecule has 2 unspecified atom stereocenters.